The van der Waals surface area contributed by atoms with Gasteiger partial charge in [-0.3, -0.25) is 0 Å². The molecule has 21 heavy (non-hydrogen) atoms. The standard InChI is InChI=1S/C5H10.4CHClO2/c1-2-4-5-3-1;4*2-1(3)4/h1-5H2;4*(H,3,4). The third-order valence-electron chi connectivity index (χ3n) is 1.25. The lowest BCUT2D eigenvalue weighted by molar-refractivity contribution is 0.219. The minimum absolute atomic E-state index is 1.36. The summed E-state index contributed by atoms with van der Waals surface area (Å²) in [4.78, 5) is 35.1. The SMILES string of the molecule is C1CCCC1.O=C(O)Cl.O=C(O)Cl.O=C(O)Cl.O=C(O)Cl. The van der Waals surface area contributed by atoms with E-state index in [0.717, 1.165) is 0 Å². The summed E-state index contributed by atoms with van der Waals surface area (Å²) in [7, 11) is 0. The molecule has 1 aliphatic carbocycles. The maximum Gasteiger partial charge on any atom is 0.401 e. The number of hydrogen-bond donors (Lipinski definition) is 4. The van der Waals surface area contributed by atoms with Crippen molar-refractivity contribution in [3.8, 4) is 0 Å². The van der Waals surface area contributed by atoms with Crippen LogP contribution in [0.2, 0.25) is 0 Å². The van der Waals surface area contributed by atoms with Crippen molar-refractivity contribution < 1.29 is 39.6 Å². The van der Waals surface area contributed by atoms with Crippen molar-refractivity contribution >= 4 is 68.1 Å². The van der Waals surface area contributed by atoms with E-state index in [-0.39, 0.29) is 0 Å². The highest BCUT2D eigenvalue weighted by Crippen LogP contribution is 2.15. The summed E-state index contributed by atoms with van der Waals surface area (Å²) in [6.07, 6.45) is 7.50. The Balaban J connectivity index is -0.0000000866. The normalized spacial score (nSPS) is 10.5. The fraction of sp³-hybridized carbons (Fsp3) is 0.556. The van der Waals surface area contributed by atoms with Crippen LogP contribution in [0.3, 0.4) is 0 Å². The molecule has 0 aromatic rings. The number of carboxylic acid groups (broad SMARTS) is 4. The molecule has 12 heteroatoms. The van der Waals surface area contributed by atoms with Crippen LogP contribution in [0, 0.1) is 0 Å². The van der Waals surface area contributed by atoms with Crippen molar-refractivity contribution in [2.75, 3.05) is 0 Å². The van der Waals surface area contributed by atoms with Crippen LogP contribution < -0.4 is 0 Å². The molecule has 4 N–H and O–H groups in total. The third kappa shape index (κ3) is 339. The van der Waals surface area contributed by atoms with Gasteiger partial charge in [-0.25, -0.2) is 19.2 Å². The molecule has 1 fully saturated rings. The van der Waals surface area contributed by atoms with E-state index in [4.69, 9.17) is 39.6 Å². The highest BCUT2D eigenvalue weighted by Gasteiger charge is 1.95. The average molecular weight is 392 g/mol. The van der Waals surface area contributed by atoms with Crippen molar-refractivity contribution in [3.05, 3.63) is 0 Å². The van der Waals surface area contributed by atoms with E-state index in [1.54, 1.807) is 0 Å². The molecule has 1 aliphatic rings. The zero-order chi connectivity index (χ0) is 17.8. The average Bonchev–Trinajstić information content (AvgIpc) is 2.68. The summed E-state index contributed by atoms with van der Waals surface area (Å²) >= 11 is 16.8. The zero-order valence-electron chi connectivity index (χ0n) is 10.5. The summed E-state index contributed by atoms with van der Waals surface area (Å²) < 4.78 is 0. The summed E-state index contributed by atoms with van der Waals surface area (Å²) in [6.45, 7) is 0. The first-order chi connectivity index (χ1) is 9.43. The van der Waals surface area contributed by atoms with Crippen LogP contribution in [0.25, 0.3) is 0 Å². The summed E-state index contributed by atoms with van der Waals surface area (Å²) in [6, 6.07) is 0. The van der Waals surface area contributed by atoms with Crippen LogP contribution in [-0.4, -0.2) is 42.1 Å². The van der Waals surface area contributed by atoms with E-state index in [2.05, 4.69) is 46.4 Å². The highest BCUT2D eigenvalue weighted by molar-refractivity contribution is 6.61. The van der Waals surface area contributed by atoms with Gasteiger partial charge in [-0.05, 0) is 0 Å². The number of carbonyl (C=O) groups is 4. The number of rotatable bonds is 0. The summed E-state index contributed by atoms with van der Waals surface area (Å²) in [5.41, 5.74) is -5.44. The minimum Gasteiger partial charge on any atom is -0.469 e. The molecule has 0 amide bonds. The lowest BCUT2D eigenvalue weighted by Gasteiger charge is -1.67. The Morgan fingerprint density at radius 3 is 0.571 bits per heavy atom. The van der Waals surface area contributed by atoms with E-state index < -0.39 is 21.7 Å². The molecule has 126 valence electrons. The fourth-order valence-corrected chi connectivity index (χ4v) is 0.884. The monoisotopic (exact) mass is 390 g/mol. The second kappa shape index (κ2) is 24.1. The van der Waals surface area contributed by atoms with E-state index in [1.807, 2.05) is 0 Å². The van der Waals surface area contributed by atoms with Crippen LogP contribution in [0.4, 0.5) is 19.2 Å². The van der Waals surface area contributed by atoms with Crippen molar-refractivity contribution in [1.82, 2.24) is 0 Å². The van der Waals surface area contributed by atoms with Gasteiger partial charge in [-0.15, -0.1) is 0 Å². The molecule has 0 radical (unpaired) electrons. The Kier molecular flexibility index (Phi) is 32.4. The molecule has 0 spiro atoms. The van der Waals surface area contributed by atoms with Gasteiger partial charge in [0, 0.05) is 46.4 Å². The Morgan fingerprint density at radius 1 is 0.476 bits per heavy atom. The Morgan fingerprint density at radius 2 is 0.524 bits per heavy atom. The first kappa shape index (κ1) is 28.2. The molecule has 0 bridgehead atoms. The van der Waals surface area contributed by atoms with Crippen molar-refractivity contribution in [3.63, 3.8) is 0 Å². The van der Waals surface area contributed by atoms with Gasteiger partial charge >= 0.3 is 21.7 Å². The molecule has 0 heterocycles. The first-order valence-corrected chi connectivity index (χ1v) is 6.48. The van der Waals surface area contributed by atoms with Gasteiger partial charge in [-0.1, -0.05) is 32.1 Å². The van der Waals surface area contributed by atoms with Gasteiger partial charge in [0.25, 0.3) is 0 Å². The molecule has 0 unspecified atom stereocenters. The van der Waals surface area contributed by atoms with Crippen LogP contribution >= 0.6 is 46.4 Å². The predicted octanol–water partition coefficient (Wildman–Crippen LogP) is 5.56. The van der Waals surface area contributed by atoms with Gasteiger partial charge < -0.3 is 20.4 Å². The van der Waals surface area contributed by atoms with Crippen molar-refractivity contribution in [2.45, 2.75) is 32.1 Å². The predicted molar refractivity (Wildman–Crippen MR) is 78.6 cm³/mol. The van der Waals surface area contributed by atoms with Crippen molar-refractivity contribution in [2.24, 2.45) is 0 Å². The lowest BCUT2D eigenvalue weighted by atomic mass is 10.4. The zero-order valence-corrected chi connectivity index (χ0v) is 13.5. The molecule has 1 rings (SSSR count). The van der Waals surface area contributed by atoms with E-state index in [0.29, 0.717) is 0 Å². The van der Waals surface area contributed by atoms with Gasteiger partial charge in [-0.2, -0.15) is 0 Å². The van der Waals surface area contributed by atoms with Crippen molar-refractivity contribution in [1.29, 1.82) is 0 Å². The second-order valence-corrected chi connectivity index (χ2v) is 4.07. The maximum absolute atomic E-state index is 8.77. The molecular formula is C9H14Cl4O8. The van der Waals surface area contributed by atoms with Gasteiger partial charge in [0.15, 0.2) is 0 Å². The molecule has 0 aromatic carbocycles. The van der Waals surface area contributed by atoms with Gasteiger partial charge in [0.2, 0.25) is 0 Å². The largest absolute Gasteiger partial charge is 0.469 e. The Hall–Kier alpha value is -0.960. The number of halogens is 4. The lowest BCUT2D eigenvalue weighted by Crippen LogP contribution is -1.66. The highest BCUT2D eigenvalue weighted by atomic mass is 35.5. The second-order valence-electron chi connectivity index (χ2n) is 2.78. The van der Waals surface area contributed by atoms with Gasteiger partial charge in [0.05, 0.1) is 0 Å². The van der Waals surface area contributed by atoms with Crippen LogP contribution in [0.15, 0.2) is 0 Å². The molecule has 1 saturated carbocycles. The van der Waals surface area contributed by atoms with Crippen LogP contribution in [0.1, 0.15) is 32.1 Å². The first-order valence-electron chi connectivity index (χ1n) is 4.97. The Labute approximate surface area is 140 Å². The fourth-order valence-electron chi connectivity index (χ4n) is 0.884. The molecule has 0 aromatic heterocycles. The molecule has 0 atom stereocenters. The van der Waals surface area contributed by atoms with Crippen LogP contribution in [0.5, 0.6) is 0 Å². The Bertz CT molecular complexity index is 222. The van der Waals surface area contributed by atoms with Gasteiger partial charge in [0.1, 0.15) is 0 Å². The topological polar surface area (TPSA) is 149 Å². The van der Waals surface area contributed by atoms with E-state index >= 15 is 0 Å². The quantitative estimate of drug-likeness (QED) is 0.391. The smallest absolute Gasteiger partial charge is 0.401 e. The van der Waals surface area contributed by atoms with E-state index in [1.165, 1.54) is 32.1 Å². The summed E-state index contributed by atoms with van der Waals surface area (Å²) in [5.74, 6) is 0. The third-order valence-corrected chi connectivity index (χ3v) is 1.25. The molecule has 0 saturated heterocycles. The molecular weight excluding hydrogens is 378 g/mol. The number of hydrogen-bond acceptors (Lipinski definition) is 4. The maximum atomic E-state index is 8.77. The van der Waals surface area contributed by atoms with E-state index in [9.17, 15) is 0 Å². The molecule has 0 aliphatic heterocycles. The minimum atomic E-state index is -1.36. The summed E-state index contributed by atoms with van der Waals surface area (Å²) in [5, 5.41) is 28.7. The molecule has 8 nitrogen and oxygen atoms in total. The van der Waals surface area contributed by atoms with Crippen LogP contribution in [-0.2, 0) is 0 Å².